The average Bonchev–Trinajstić information content (AvgIpc) is 2.42. The van der Waals surface area contributed by atoms with Gasteiger partial charge < -0.3 is 10.4 Å². The van der Waals surface area contributed by atoms with E-state index >= 15 is 0 Å². The highest BCUT2D eigenvalue weighted by Gasteiger charge is 2.34. The molecule has 0 unspecified atom stereocenters. The topological polar surface area (TPSA) is 66.4 Å². The van der Waals surface area contributed by atoms with Crippen LogP contribution in [0.2, 0.25) is 10.0 Å². The molecule has 4 nitrogen and oxygen atoms in total. The summed E-state index contributed by atoms with van der Waals surface area (Å²) < 4.78 is 0. The van der Waals surface area contributed by atoms with E-state index in [1.807, 2.05) is 6.08 Å². The highest BCUT2D eigenvalue weighted by atomic mass is 35.5. The van der Waals surface area contributed by atoms with E-state index in [0.717, 1.165) is 0 Å². The Morgan fingerprint density at radius 3 is 2.45 bits per heavy atom. The van der Waals surface area contributed by atoms with Gasteiger partial charge in [0, 0.05) is 5.02 Å². The monoisotopic (exact) mass is 313 g/mol. The first-order valence-corrected chi connectivity index (χ1v) is 6.88. The van der Waals surface area contributed by atoms with Gasteiger partial charge in [0.2, 0.25) is 5.91 Å². The number of nitrogens with one attached hydrogen (secondary N) is 1. The van der Waals surface area contributed by atoms with Crippen LogP contribution in [0.4, 0.5) is 5.69 Å². The van der Waals surface area contributed by atoms with E-state index in [2.05, 4.69) is 5.32 Å². The Hall–Kier alpha value is -1.52. The number of aliphatic carboxylic acids is 1. The lowest BCUT2D eigenvalue weighted by Gasteiger charge is -2.24. The van der Waals surface area contributed by atoms with Crippen LogP contribution in [0.15, 0.2) is 30.4 Å². The Bertz CT molecular complexity index is 572. The molecule has 0 aromatic heterocycles. The Balaban J connectivity index is 2.16. The first kappa shape index (κ1) is 14.9. The van der Waals surface area contributed by atoms with Crippen molar-refractivity contribution in [3.63, 3.8) is 0 Å². The smallest absolute Gasteiger partial charge is 0.307 e. The number of carboxylic acid groups (broad SMARTS) is 1. The number of carboxylic acids is 1. The predicted molar refractivity (Wildman–Crippen MR) is 78.1 cm³/mol. The van der Waals surface area contributed by atoms with Crippen molar-refractivity contribution in [2.45, 2.75) is 12.8 Å². The van der Waals surface area contributed by atoms with E-state index in [9.17, 15) is 9.59 Å². The fourth-order valence-corrected chi connectivity index (χ4v) is 2.53. The van der Waals surface area contributed by atoms with Gasteiger partial charge >= 0.3 is 5.97 Å². The molecular formula is C14H13Cl2NO3. The standard InChI is InChI=1S/C14H13Cl2NO3/c15-8-5-6-11(16)12(7-8)17-13(18)9-3-1-2-4-10(9)14(19)20/h1-2,5-7,9-10H,3-4H2,(H,17,18)(H,19,20)/t9-,10-/m0/s1. The fourth-order valence-electron chi connectivity index (χ4n) is 2.20. The second-order valence-corrected chi connectivity index (χ2v) is 5.45. The molecule has 1 aromatic rings. The number of halogens is 2. The summed E-state index contributed by atoms with van der Waals surface area (Å²) in [7, 11) is 0. The largest absolute Gasteiger partial charge is 0.481 e. The number of carbonyl (C=O) groups excluding carboxylic acids is 1. The van der Waals surface area contributed by atoms with E-state index in [4.69, 9.17) is 28.3 Å². The predicted octanol–water partition coefficient (Wildman–Crippen LogP) is 3.60. The molecule has 0 fully saturated rings. The molecule has 2 atom stereocenters. The molecular weight excluding hydrogens is 301 g/mol. The number of rotatable bonds is 3. The van der Waals surface area contributed by atoms with Gasteiger partial charge in [-0.05, 0) is 31.0 Å². The van der Waals surface area contributed by atoms with E-state index in [0.29, 0.717) is 28.6 Å². The summed E-state index contributed by atoms with van der Waals surface area (Å²) in [5.74, 6) is -2.64. The third kappa shape index (κ3) is 3.32. The van der Waals surface area contributed by atoms with Crippen molar-refractivity contribution in [3.05, 3.63) is 40.4 Å². The van der Waals surface area contributed by atoms with Crippen molar-refractivity contribution in [2.75, 3.05) is 5.32 Å². The molecule has 2 N–H and O–H groups in total. The molecule has 0 saturated heterocycles. The van der Waals surface area contributed by atoms with Crippen LogP contribution in [0.5, 0.6) is 0 Å². The summed E-state index contributed by atoms with van der Waals surface area (Å²) in [6.45, 7) is 0. The Kier molecular flexibility index (Phi) is 4.68. The van der Waals surface area contributed by atoms with Crippen LogP contribution in [-0.4, -0.2) is 17.0 Å². The quantitative estimate of drug-likeness (QED) is 0.838. The highest BCUT2D eigenvalue weighted by molar-refractivity contribution is 6.35. The van der Waals surface area contributed by atoms with Crippen molar-refractivity contribution in [1.82, 2.24) is 0 Å². The van der Waals surface area contributed by atoms with Crippen molar-refractivity contribution < 1.29 is 14.7 Å². The second kappa shape index (κ2) is 6.29. The summed E-state index contributed by atoms with van der Waals surface area (Å²) in [5.41, 5.74) is 0.392. The molecule has 0 heterocycles. The maximum Gasteiger partial charge on any atom is 0.307 e. The lowest BCUT2D eigenvalue weighted by Crippen LogP contribution is -2.34. The second-order valence-electron chi connectivity index (χ2n) is 4.61. The molecule has 0 radical (unpaired) electrons. The number of carbonyl (C=O) groups is 2. The normalized spacial score (nSPS) is 21.5. The zero-order valence-corrected chi connectivity index (χ0v) is 12.0. The minimum absolute atomic E-state index is 0.356. The van der Waals surface area contributed by atoms with Crippen LogP contribution in [0.1, 0.15) is 12.8 Å². The lowest BCUT2D eigenvalue weighted by molar-refractivity contribution is -0.146. The molecule has 1 aliphatic rings. The summed E-state index contributed by atoms with van der Waals surface area (Å²) in [6.07, 6.45) is 4.37. The summed E-state index contributed by atoms with van der Waals surface area (Å²) in [5, 5.41) is 12.6. The van der Waals surface area contributed by atoms with E-state index in [-0.39, 0.29) is 5.91 Å². The van der Waals surface area contributed by atoms with Crippen LogP contribution in [0.25, 0.3) is 0 Å². The number of hydrogen-bond donors (Lipinski definition) is 2. The van der Waals surface area contributed by atoms with Crippen molar-refractivity contribution >= 4 is 40.8 Å². The van der Waals surface area contributed by atoms with E-state index in [1.54, 1.807) is 18.2 Å². The molecule has 0 aliphatic heterocycles. The first-order chi connectivity index (χ1) is 9.49. The van der Waals surface area contributed by atoms with Gasteiger partial charge in [-0.2, -0.15) is 0 Å². The van der Waals surface area contributed by atoms with E-state index < -0.39 is 17.8 Å². The maximum atomic E-state index is 12.2. The van der Waals surface area contributed by atoms with E-state index in [1.165, 1.54) is 6.07 Å². The number of allylic oxidation sites excluding steroid dienone is 2. The fraction of sp³-hybridized carbons (Fsp3) is 0.286. The Morgan fingerprint density at radius 1 is 1.15 bits per heavy atom. The van der Waals surface area contributed by atoms with Crippen LogP contribution in [0, 0.1) is 11.8 Å². The van der Waals surface area contributed by atoms with Crippen molar-refractivity contribution in [1.29, 1.82) is 0 Å². The van der Waals surface area contributed by atoms with Crippen molar-refractivity contribution in [2.24, 2.45) is 11.8 Å². The van der Waals surface area contributed by atoms with Gasteiger partial charge in [0.15, 0.2) is 0 Å². The summed E-state index contributed by atoms with van der Waals surface area (Å²) >= 11 is 11.8. The minimum atomic E-state index is -0.966. The molecule has 0 spiro atoms. The van der Waals surface area contributed by atoms with Crippen molar-refractivity contribution in [3.8, 4) is 0 Å². The molecule has 1 aliphatic carbocycles. The lowest BCUT2D eigenvalue weighted by atomic mass is 9.82. The number of anilines is 1. The molecule has 1 aromatic carbocycles. The summed E-state index contributed by atoms with van der Waals surface area (Å²) in [6, 6.07) is 4.73. The molecule has 0 bridgehead atoms. The van der Waals surface area contributed by atoms with Gasteiger partial charge in [0.05, 0.1) is 22.5 Å². The Morgan fingerprint density at radius 2 is 1.80 bits per heavy atom. The molecule has 6 heteroatoms. The number of amides is 1. The van der Waals surface area contributed by atoms with Gasteiger partial charge in [-0.1, -0.05) is 35.4 Å². The van der Waals surface area contributed by atoms with Gasteiger partial charge in [0.25, 0.3) is 0 Å². The van der Waals surface area contributed by atoms with Crippen LogP contribution < -0.4 is 5.32 Å². The van der Waals surface area contributed by atoms with Gasteiger partial charge in [-0.15, -0.1) is 0 Å². The zero-order chi connectivity index (χ0) is 14.7. The van der Waals surface area contributed by atoms with Crippen LogP contribution in [-0.2, 0) is 9.59 Å². The first-order valence-electron chi connectivity index (χ1n) is 6.12. The summed E-state index contributed by atoms with van der Waals surface area (Å²) in [4.78, 5) is 23.4. The zero-order valence-electron chi connectivity index (χ0n) is 10.5. The molecule has 1 amide bonds. The SMILES string of the molecule is O=C(O)[C@H]1CC=CC[C@@H]1C(=O)Nc1cc(Cl)ccc1Cl. The molecule has 106 valence electrons. The van der Waals surface area contributed by atoms with Gasteiger partial charge in [-0.3, -0.25) is 9.59 Å². The molecule has 0 saturated carbocycles. The van der Waals surface area contributed by atoms with Gasteiger partial charge in [0.1, 0.15) is 0 Å². The number of benzene rings is 1. The van der Waals surface area contributed by atoms with Gasteiger partial charge in [-0.25, -0.2) is 0 Å². The average molecular weight is 314 g/mol. The molecule has 2 rings (SSSR count). The number of hydrogen-bond acceptors (Lipinski definition) is 2. The minimum Gasteiger partial charge on any atom is -0.481 e. The third-order valence-corrected chi connectivity index (χ3v) is 3.84. The third-order valence-electron chi connectivity index (χ3n) is 3.27. The Labute approximate surface area is 126 Å². The maximum absolute atomic E-state index is 12.2. The highest BCUT2D eigenvalue weighted by Crippen LogP contribution is 2.30. The van der Waals surface area contributed by atoms with Crippen LogP contribution >= 0.6 is 23.2 Å². The molecule has 20 heavy (non-hydrogen) atoms. The van der Waals surface area contributed by atoms with Crippen LogP contribution in [0.3, 0.4) is 0 Å².